The van der Waals surface area contributed by atoms with Crippen molar-refractivity contribution in [2.75, 3.05) is 18.9 Å². The molecule has 0 aliphatic rings. The Bertz CT molecular complexity index is 462. The molecule has 1 rings (SSSR count). The SMILES string of the molecule is Nc1ccc(Br)cc1S(=O)(=O)NCCCO. The number of hydrogen-bond donors (Lipinski definition) is 3. The van der Waals surface area contributed by atoms with E-state index >= 15 is 0 Å². The quantitative estimate of drug-likeness (QED) is 0.551. The van der Waals surface area contributed by atoms with Gasteiger partial charge in [0.15, 0.2) is 0 Å². The topological polar surface area (TPSA) is 92.4 Å². The van der Waals surface area contributed by atoms with Gasteiger partial charge in [-0.1, -0.05) is 15.9 Å². The van der Waals surface area contributed by atoms with E-state index in [-0.39, 0.29) is 23.7 Å². The molecule has 4 N–H and O–H groups in total. The van der Waals surface area contributed by atoms with Gasteiger partial charge in [0.25, 0.3) is 0 Å². The van der Waals surface area contributed by atoms with Crippen LogP contribution in [0, 0.1) is 0 Å². The fourth-order valence-electron chi connectivity index (χ4n) is 1.10. The normalized spacial score (nSPS) is 11.6. The van der Waals surface area contributed by atoms with Gasteiger partial charge in [0.05, 0.1) is 5.69 Å². The number of nitrogen functional groups attached to an aromatic ring is 1. The average Bonchev–Trinajstić information content (AvgIpc) is 2.22. The monoisotopic (exact) mass is 308 g/mol. The van der Waals surface area contributed by atoms with Gasteiger partial charge in [-0.25, -0.2) is 13.1 Å². The number of hydrogen-bond acceptors (Lipinski definition) is 4. The number of sulfonamides is 1. The zero-order valence-electron chi connectivity index (χ0n) is 8.48. The maximum atomic E-state index is 11.8. The minimum atomic E-state index is -3.60. The lowest BCUT2D eigenvalue weighted by molar-refractivity contribution is 0.289. The van der Waals surface area contributed by atoms with Crippen molar-refractivity contribution in [3.8, 4) is 0 Å². The van der Waals surface area contributed by atoms with Crippen molar-refractivity contribution in [2.24, 2.45) is 0 Å². The second kappa shape index (κ2) is 5.62. The van der Waals surface area contributed by atoms with E-state index in [1.165, 1.54) is 12.1 Å². The van der Waals surface area contributed by atoms with Crippen LogP contribution in [0.5, 0.6) is 0 Å². The highest BCUT2D eigenvalue weighted by Crippen LogP contribution is 2.22. The molecule has 5 nitrogen and oxygen atoms in total. The van der Waals surface area contributed by atoms with Crippen LogP contribution in [0.2, 0.25) is 0 Å². The summed E-state index contributed by atoms with van der Waals surface area (Å²) in [6, 6.07) is 4.63. The van der Waals surface area contributed by atoms with Crippen LogP contribution in [0.3, 0.4) is 0 Å². The lowest BCUT2D eigenvalue weighted by atomic mass is 10.3. The maximum Gasteiger partial charge on any atom is 0.242 e. The van der Waals surface area contributed by atoms with Crippen LogP contribution >= 0.6 is 15.9 Å². The molecular weight excluding hydrogens is 296 g/mol. The number of nitrogens with two attached hydrogens (primary N) is 1. The molecular formula is C9H13BrN2O3S. The molecule has 0 fully saturated rings. The lowest BCUT2D eigenvalue weighted by Gasteiger charge is -2.08. The van der Waals surface area contributed by atoms with Crippen molar-refractivity contribution in [3.63, 3.8) is 0 Å². The van der Waals surface area contributed by atoms with E-state index in [9.17, 15) is 8.42 Å². The second-order valence-corrected chi connectivity index (χ2v) is 5.81. The van der Waals surface area contributed by atoms with Crippen LogP contribution in [0.4, 0.5) is 5.69 Å². The van der Waals surface area contributed by atoms with E-state index in [1.54, 1.807) is 6.07 Å². The Morgan fingerprint density at radius 3 is 2.75 bits per heavy atom. The van der Waals surface area contributed by atoms with Crippen molar-refractivity contribution >= 4 is 31.6 Å². The van der Waals surface area contributed by atoms with E-state index in [1.807, 2.05) is 0 Å². The number of nitrogens with one attached hydrogen (secondary N) is 1. The molecule has 0 bridgehead atoms. The molecule has 1 aromatic rings. The number of rotatable bonds is 5. The predicted molar refractivity (Wildman–Crippen MR) is 65.4 cm³/mol. The first kappa shape index (κ1) is 13.4. The molecule has 0 aliphatic heterocycles. The van der Waals surface area contributed by atoms with Crippen molar-refractivity contribution in [1.82, 2.24) is 4.72 Å². The van der Waals surface area contributed by atoms with E-state index in [0.717, 1.165) is 0 Å². The largest absolute Gasteiger partial charge is 0.398 e. The van der Waals surface area contributed by atoms with E-state index in [0.29, 0.717) is 10.9 Å². The van der Waals surface area contributed by atoms with Crippen LogP contribution in [0.1, 0.15) is 6.42 Å². The highest BCUT2D eigenvalue weighted by molar-refractivity contribution is 9.10. The molecule has 0 heterocycles. The fourth-order valence-corrected chi connectivity index (χ4v) is 2.85. The smallest absolute Gasteiger partial charge is 0.242 e. The molecule has 0 amide bonds. The Morgan fingerprint density at radius 2 is 2.12 bits per heavy atom. The van der Waals surface area contributed by atoms with Gasteiger partial charge in [-0.05, 0) is 24.6 Å². The summed E-state index contributed by atoms with van der Waals surface area (Å²) in [5, 5.41) is 8.57. The molecule has 0 atom stereocenters. The molecule has 0 saturated carbocycles. The number of anilines is 1. The summed E-state index contributed by atoms with van der Waals surface area (Å²) in [5.74, 6) is 0. The minimum absolute atomic E-state index is 0.0415. The molecule has 0 unspecified atom stereocenters. The number of aliphatic hydroxyl groups excluding tert-OH is 1. The zero-order valence-corrected chi connectivity index (χ0v) is 10.9. The summed E-state index contributed by atoms with van der Waals surface area (Å²) in [5.41, 5.74) is 5.78. The van der Waals surface area contributed by atoms with Gasteiger partial charge in [0, 0.05) is 17.6 Å². The third-order valence-electron chi connectivity index (χ3n) is 1.89. The first-order chi connectivity index (χ1) is 7.47. The van der Waals surface area contributed by atoms with Crippen LogP contribution < -0.4 is 10.5 Å². The Balaban J connectivity index is 2.93. The van der Waals surface area contributed by atoms with Gasteiger partial charge in [-0.2, -0.15) is 0 Å². The van der Waals surface area contributed by atoms with Crippen LogP contribution in [-0.4, -0.2) is 26.7 Å². The lowest BCUT2D eigenvalue weighted by Crippen LogP contribution is -2.26. The molecule has 0 spiro atoms. The Kier molecular flexibility index (Phi) is 4.72. The predicted octanol–water partition coefficient (Wildman–Crippen LogP) is 0.692. The van der Waals surface area contributed by atoms with Crippen molar-refractivity contribution in [1.29, 1.82) is 0 Å². The van der Waals surface area contributed by atoms with Gasteiger partial charge >= 0.3 is 0 Å². The Morgan fingerprint density at radius 1 is 1.44 bits per heavy atom. The van der Waals surface area contributed by atoms with Gasteiger partial charge in [0.1, 0.15) is 4.90 Å². The van der Waals surface area contributed by atoms with Crippen LogP contribution in [0.15, 0.2) is 27.6 Å². The number of aliphatic hydroxyl groups is 1. The van der Waals surface area contributed by atoms with Gasteiger partial charge in [-0.15, -0.1) is 0 Å². The second-order valence-electron chi connectivity index (χ2n) is 3.16. The highest BCUT2D eigenvalue weighted by Gasteiger charge is 2.16. The average molecular weight is 309 g/mol. The summed E-state index contributed by atoms with van der Waals surface area (Å²) in [7, 11) is -3.60. The van der Waals surface area contributed by atoms with E-state index in [4.69, 9.17) is 10.8 Å². The van der Waals surface area contributed by atoms with Crippen LogP contribution in [0.25, 0.3) is 0 Å². The summed E-state index contributed by atoms with van der Waals surface area (Å²) < 4.78 is 26.6. The first-order valence-electron chi connectivity index (χ1n) is 4.63. The highest BCUT2D eigenvalue weighted by atomic mass is 79.9. The van der Waals surface area contributed by atoms with E-state index < -0.39 is 10.0 Å². The molecule has 90 valence electrons. The van der Waals surface area contributed by atoms with Crippen molar-refractivity contribution in [3.05, 3.63) is 22.7 Å². The Hall–Kier alpha value is -0.630. The van der Waals surface area contributed by atoms with Gasteiger partial charge in [0.2, 0.25) is 10.0 Å². The molecule has 1 aromatic carbocycles. The molecule has 7 heteroatoms. The third kappa shape index (κ3) is 3.44. The van der Waals surface area contributed by atoms with Gasteiger partial charge in [-0.3, -0.25) is 0 Å². The molecule has 0 radical (unpaired) electrons. The molecule has 0 saturated heterocycles. The minimum Gasteiger partial charge on any atom is -0.398 e. The number of halogens is 1. The summed E-state index contributed by atoms with van der Waals surface area (Å²) in [4.78, 5) is 0.0415. The zero-order chi connectivity index (χ0) is 12.2. The number of benzene rings is 1. The molecule has 0 aromatic heterocycles. The van der Waals surface area contributed by atoms with E-state index in [2.05, 4.69) is 20.7 Å². The van der Waals surface area contributed by atoms with Crippen LogP contribution in [-0.2, 0) is 10.0 Å². The summed E-state index contributed by atoms with van der Waals surface area (Å²) >= 11 is 3.18. The molecule has 0 aliphatic carbocycles. The first-order valence-corrected chi connectivity index (χ1v) is 6.90. The third-order valence-corrected chi connectivity index (χ3v) is 3.90. The maximum absolute atomic E-state index is 11.8. The summed E-state index contributed by atoms with van der Waals surface area (Å²) in [6.45, 7) is 0.126. The Labute approximate surface area is 103 Å². The molecule has 16 heavy (non-hydrogen) atoms. The van der Waals surface area contributed by atoms with Crippen molar-refractivity contribution in [2.45, 2.75) is 11.3 Å². The fraction of sp³-hybridized carbons (Fsp3) is 0.333. The van der Waals surface area contributed by atoms with Crippen molar-refractivity contribution < 1.29 is 13.5 Å². The standard InChI is InChI=1S/C9H13BrN2O3S/c10-7-2-3-8(11)9(6-7)16(14,15)12-4-1-5-13/h2-3,6,12-13H,1,4-5,11H2. The van der Waals surface area contributed by atoms with Gasteiger partial charge < -0.3 is 10.8 Å². The summed E-state index contributed by atoms with van der Waals surface area (Å²) in [6.07, 6.45) is 0.368.